The van der Waals surface area contributed by atoms with Gasteiger partial charge in [-0.25, -0.2) is 0 Å². The first-order chi connectivity index (χ1) is 9.25. The Balaban J connectivity index is 1.98. The molecule has 0 atom stereocenters. The first-order valence-electron chi connectivity index (χ1n) is 6.03. The zero-order valence-electron chi connectivity index (χ0n) is 10.5. The molecule has 1 heterocycles. The minimum atomic E-state index is -0.156. The number of hydrogen-bond acceptors (Lipinski definition) is 2. The highest BCUT2D eigenvalue weighted by Crippen LogP contribution is 2.23. The zero-order valence-corrected chi connectivity index (χ0v) is 10.5. The lowest BCUT2D eigenvalue weighted by Gasteiger charge is -2.08. The number of aromatic nitrogens is 2. The Hall–Kier alpha value is -2.62. The van der Waals surface area contributed by atoms with Gasteiger partial charge in [-0.3, -0.25) is 9.48 Å². The minimum absolute atomic E-state index is 0.156. The summed E-state index contributed by atoms with van der Waals surface area (Å²) < 4.78 is 1.56. The third-order valence-electron chi connectivity index (χ3n) is 3.09. The van der Waals surface area contributed by atoms with Gasteiger partial charge in [-0.05, 0) is 17.5 Å². The molecule has 4 heteroatoms. The van der Waals surface area contributed by atoms with Crippen LogP contribution in [0.15, 0.2) is 54.7 Å². The molecule has 0 spiro atoms. The van der Waals surface area contributed by atoms with Crippen LogP contribution in [0.25, 0.3) is 10.8 Å². The molecule has 3 aromatic rings. The van der Waals surface area contributed by atoms with Gasteiger partial charge in [0.15, 0.2) is 0 Å². The zero-order chi connectivity index (χ0) is 13.2. The maximum Gasteiger partial charge on any atom is 0.273 e. The SMILES string of the molecule is Cn1nccc1C(=O)Nc1cccc2ccccc12. The van der Waals surface area contributed by atoms with Gasteiger partial charge in [0.1, 0.15) is 5.69 Å². The standard InChI is InChI=1S/C15H13N3O/c1-18-14(9-10-16-18)15(19)17-13-8-4-6-11-5-2-3-7-12(11)13/h2-10H,1H3,(H,17,19). The van der Waals surface area contributed by atoms with Crippen LogP contribution >= 0.6 is 0 Å². The molecule has 19 heavy (non-hydrogen) atoms. The van der Waals surface area contributed by atoms with Crippen molar-refractivity contribution in [2.45, 2.75) is 0 Å². The number of benzene rings is 2. The summed E-state index contributed by atoms with van der Waals surface area (Å²) in [6.45, 7) is 0. The van der Waals surface area contributed by atoms with Crippen molar-refractivity contribution < 1.29 is 4.79 Å². The van der Waals surface area contributed by atoms with Crippen LogP contribution < -0.4 is 5.32 Å². The fourth-order valence-electron chi connectivity index (χ4n) is 2.12. The Morgan fingerprint density at radius 1 is 1.11 bits per heavy atom. The Bertz CT molecular complexity index is 740. The van der Waals surface area contributed by atoms with Gasteiger partial charge in [0.05, 0.1) is 0 Å². The number of nitrogens with zero attached hydrogens (tertiary/aromatic N) is 2. The number of nitrogens with one attached hydrogen (secondary N) is 1. The molecular formula is C15H13N3O. The molecular weight excluding hydrogens is 238 g/mol. The van der Waals surface area contributed by atoms with E-state index in [2.05, 4.69) is 10.4 Å². The third-order valence-corrected chi connectivity index (χ3v) is 3.09. The van der Waals surface area contributed by atoms with Crippen molar-refractivity contribution in [3.63, 3.8) is 0 Å². The number of aryl methyl sites for hydroxylation is 1. The van der Waals surface area contributed by atoms with Crippen LogP contribution in [0.2, 0.25) is 0 Å². The largest absolute Gasteiger partial charge is 0.320 e. The summed E-state index contributed by atoms with van der Waals surface area (Å²) in [4.78, 5) is 12.2. The molecule has 1 N–H and O–H groups in total. The van der Waals surface area contributed by atoms with Crippen molar-refractivity contribution in [1.29, 1.82) is 0 Å². The monoisotopic (exact) mass is 251 g/mol. The van der Waals surface area contributed by atoms with Gasteiger partial charge >= 0.3 is 0 Å². The quantitative estimate of drug-likeness (QED) is 0.761. The Kier molecular flexibility index (Phi) is 2.76. The molecule has 0 fully saturated rings. The van der Waals surface area contributed by atoms with Crippen LogP contribution in [0.4, 0.5) is 5.69 Å². The highest BCUT2D eigenvalue weighted by molar-refractivity contribution is 6.08. The van der Waals surface area contributed by atoms with E-state index >= 15 is 0 Å². The van der Waals surface area contributed by atoms with E-state index in [4.69, 9.17) is 0 Å². The van der Waals surface area contributed by atoms with Crippen molar-refractivity contribution in [3.05, 3.63) is 60.4 Å². The summed E-state index contributed by atoms with van der Waals surface area (Å²) in [5.74, 6) is -0.156. The van der Waals surface area contributed by atoms with Crippen LogP contribution in [-0.4, -0.2) is 15.7 Å². The van der Waals surface area contributed by atoms with Crippen molar-refractivity contribution >= 4 is 22.4 Å². The highest BCUT2D eigenvalue weighted by Gasteiger charge is 2.11. The van der Waals surface area contributed by atoms with Gasteiger partial charge < -0.3 is 5.32 Å². The van der Waals surface area contributed by atoms with Gasteiger partial charge in [0, 0.05) is 24.3 Å². The topological polar surface area (TPSA) is 46.9 Å². The molecule has 0 radical (unpaired) electrons. The lowest BCUT2D eigenvalue weighted by atomic mass is 10.1. The van der Waals surface area contributed by atoms with Gasteiger partial charge in [0.2, 0.25) is 0 Å². The summed E-state index contributed by atoms with van der Waals surface area (Å²) in [5.41, 5.74) is 1.34. The first kappa shape index (κ1) is 11.5. The first-order valence-corrected chi connectivity index (χ1v) is 6.03. The molecule has 0 saturated carbocycles. The lowest BCUT2D eigenvalue weighted by Crippen LogP contribution is -2.16. The summed E-state index contributed by atoms with van der Waals surface area (Å²) in [7, 11) is 1.75. The molecule has 0 saturated heterocycles. The van der Waals surface area contributed by atoms with Crippen LogP contribution in [0.3, 0.4) is 0 Å². The van der Waals surface area contributed by atoms with E-state index in [1.165, 1.54) is 0 Å². The normalized spacial score (nSPS) is 10.6. The fourth-order valence-corrected chi connectivity index (χ4v) is 2.12. The Morgan fingerprint density at radius 2 is 1.89 bits per heavy atom. The second-order valence-electron chi connectivity index (χ2n) is 4.32. The van der Waals surface area contributed by atoms with Crippen LogP contribution in [0.5, 0.6) is 0 Å². The summed E-state index contributed by atoms with van der Waals surface area (Å²) >= 11 is 0. The highest BCUT2D eigenvalue weighted by atomic mass is 16.2. The molecule has 0 aliphatic heterocycles. The molecule has 2 aromatic carbocycles. The van der Waals surface area contributed by atoms with Crippen molar-refractivity contribution in [1.82, 2.24) is 9.78 Å². The molecule has 1 amide bonds. The minimum Gasteiger partial charge on any atom is -0.320 e. The average Bonchev–Trinajstić information content (AvgIpc) is 2.85. The number of rotatable bonds is 2. The molecule has 3 rings (SSSR count). The predicted molar refractivity (Wildman–Crippen MR) is 75.1 cm³/mol. The number of amides is 1. The van der Waals surface area contributed by atoms with E-state index < -0.39 is 0 Å². The molecule has 4 nitrogen and oxygen atoms in total. The number of carbonyl (C=O) groups excluding carboxylic acids is 1. The van der Waals surface area contributed by atoms with E-state index in [9.17, 15) is 4.79 Å². The summed E-state index contributed by atoms with van der Waals surface area (Å²) in [6, 6.07) is 15.5. The van der Waals surface area contributed by atoms with Gasteiger partial charge in [0.25, 0.3) is 5.91 Å². The van der Waals surface area contributed by atoms with Crippen molar-refractivity contribution in [2.75, 3.05) is 5.32 Å². The van der Waals surface area contributed by atoms with E-state index in [0.717, 1.165) is 16.5 Å². The molecule has 94 valence electrons. The third kappa shape index (κ3) is 2.08. The van der Waals surface area contributed by atoms with Crippen LogP contribution in [0, 0.1) is 0 Å². The molecule has 0 aliphatic carbocycles. The maximum absolute atomic E-state index is 12.2. The van der Waals surface area contributed by atoms with Crippen molar-refractivity contribution in [2.24, 2.45) is 7.05 Å². The summed E-state index contributed by atoms with van der Waals surface area (Å²) in [5, 5.41) is 9.06. The number of anilines is 1. The van der Waals surface area contributed by atoms with Gasteiger partial charge in [-0.1, -0.05) is 36.4 Å². The van der Waals surface area contributed by atoms with Crippen LogP contribution in [-0.2, 0) is 7.05 Å². The Morgan fingerprint density at radius 3 is 2.68 bits per heavy atom. The van der Waals surface area contributed by atoms with Gasteiger partial charge in [-0.15, -0.1) is 0 Å². The van der Waals surface area contributed by atoms with E-state index in [1.807, 2.05) is 42.5 Å². The molecule has 0 aliphatic rings. The average molecular weight is 251 g/mol. The van der Waals surface area contributed by atoms with Crippen LogP contribution in [0.1, 0.15) is 10.5 Å². The van der Waals surface area contributed by atoms with E-state index in [-0.39, 0.29) is 5.91 Å². The smallest absolute Gasteiger partial charge is 0.273 e. The van der Waals surface area contributed by atoms with E-state index in [1.54, 1.807) is 24.0 Å². The molecule has 1 aromatic heterocycles. The number of fused-ring (bicyclic) bond motifs is 1. The molecule has 0 bridgehead atoms. The summed E-state index contributed by atoms with van der Waals surface area (Å²) in [6.07, 6.45) is 1.61. The molecule has 0 unspecified atom stereocenters. The van der Waals surface area contributed by atoms with Crippen molar-refractivity contribution in [3.8, 4) is 0 Å². The maximum atomic E-state index is 12.2. The second-order valence-corrected chi connectivity index (χ2v) is 4.32. The number of hydrogen-bond donors (Lipinski definition) is 1. The second kappa shape index (κ2) is 4.57. The lowest BCUT2D eigenvalue weighted by molar-refractivity contribution is 0.101. The van der Waals surface area contributed by atoms with Gasteiger partial charge in [-0.2, -0.15) is 5.10 Å². The Labute approximate surface area is 110 Å². The fraction of sp³-hybridized carbons (Fsp3) is 0.0667. The predicted octanol–water partition coefficient (Wildman–Crippen LogP) is 2.83. The van der Waals surface area contributed by atoms with E-state index in [0.29, 0.717) is 5.69 Å². The number of carbonyl (C=O) groups is 1.